The van der Waals surface area contributed by atoms with Gasteiger partial charge in [-0.25, -0.2) is 14.6 Å². The highest BCUT2D eigenvalue weighted by Crippen LogP contribution is 2.26. The topological polar surface area (TPSA) is 84.7 Å². The van der Waals surface area contributed by atoms with Crippen LogP contribution in [0, 0.1) is 5.92 Å². The van der Waals surface area contributed by atoms with Crippen LogP contribution >= 0.6 is 23.4 Å². The van der Waals surface area contributed by atoms with E-state index in [1.807, 2.05) is 4.68 Å². The molecule has 1 amide bonds. The predicted molar refractivity (Wildman–Crippen MR) is 123 cm³/mol. The summed E-state index contributed by atoms with van der Waals surface area (Å²) in [5.41, 5.74) is 1.34. The van der Waals surface area contributed by atoms with Crippen molar-refractivity contribution in [2.24, 2.45) is 5.92 Å². The highest BCUT2D eigenvalue weighted by Gasteiger charge is 2.15. The summed E-state index contributed by atoms with van der Waals surface area (Å²) in [4.78, 5) is 21.7. The van der Waals surface area contributed by atoms with Gasteiger partial charge in [0, 0.05) is 28.9 Å². The zero-order valence-corrected chi connectivity index (χ0v) is 19.2. The molecule has 2 heterocycles. The number of aromatic nitrogens is 4. The first-order chi connectivity index (χ1) is 14.3. The number of anilines is 1. The fourth-order valence-corrected chi connectivity index (χ4v) is 3.61. The zero-order chi connectivity index (χ0) is 21.7. The Morgan fingerprint density at radius 2 is 1.90 bits per heavy atom. The van der Waals surface area contributed by atoms with Crippen molar-refractivity contribution in [1.82, 2.24) is 25.1 Å². The van der Waals surface area contributed by atoms with Crippen LogP contribution in [0.2, 0.25) is 5.02 Å². The van der Waals surface area contributed by atoms with E-state index in [1.54, 1.807) is 42.2 Å². The van der Waals surface area contributed by atoms with E-state index in [0.29, 0.717) is 34.8 Å². The smallest absolute Gasteiger partial charge is 0.251 e. The molecular formula is C21H27ClN6OS. The quantitative estimate of drug-likeness (QED) is 0.372. The summed E-state index contributed by atoms with van der Waals surface area (Å²) in [5, 5.41) is 13.4. The van der Waals surface area contributed by atoms with Gasteiger partial charge in [0.25, 0.3) is 5.91 Å². The number of nitrogens with one attached hydrogen (secondary N) is 2. The first-order valence-corrected chi connectivity index (χ1v) is 11.3. The molecule has 0 aliphatic rings. The minimum Gasteiger partial charge on any atom is -0.369 e. The molecule has 0 fully saturated rings. The Morgan fingerprint density at radius 1 is 1.17 bits per heavy atom. The normalized spacial score (nSPS) is 11.4. The average Bonchev–Trinajstić information content (AvgIpc) is 3.09. The molecule has 0 saturated carbocycles. The lowest BCUT2D eigenvalue weighted by molar-refractivity contribution is 0.0952. The molecule has 0 radical (unpaired) electrons. The van der Waals surface area contributed by atoms with Crippen molar-refractivity contribution < 1.29 is 4.79 Å². The minimum atomic E-state index is -0.145. The monoisotopic (exact) mass is 446 g/mol. The molecule has 2 N–H and O–H groups in total. The summed E-state index contributed by atoms with van der Waals surface area (Å²) in [5.74, 6) is 1.15. The van der Waals surface area contributed by atoms with Crippen LogP contribution in [0.25, 0.3) is 11.0 Å². The second-order valence-electron chi connectivity index (χ2n) is 7.66. The van der Waals surface area contributed by atoms with E-state index in [9.17, 15) is 4.79 Å². The third-order valence-corrected chi connectivity index (χ3v) is 5.33. The molecule has 1 aromatic carbocycles. The molecule has 0 atom stereocenters. The molecule has 30 heavy (non-hydrogen) atoms. The summed E-state index contributed by atoms with van der Waals surface area (Å²) >= 11 is 7.50. The molecule has 3 rings (SSSR count). The third kappa shape index (κ3) is 5.86. The highest BCUT2D eigenvalue weighted by atomic mass is 35.5. The molecule has 0 bridgehead atoms. The number of rotatable bonds is 9. The largest absolute Gasteiger partial charge is 0.369 e. The number of carbonyl (C=O) groups is 1. The number of fused-ring (bicyclic) bond motifs is 1. The minimum absolute atomic E-state index is 0.145. The van der Waals surface area contributed by atoms with Gasteiger partial charge in [-0.05, 0) is 30.2 Å². The van der Waals surface area contributed by atoms with Gasteiger partial charge in [0.2, 0.25) is 0 Å². The first-order valence-electron chi connectivity index (χ1n) is 10.0. The highest BCUT2D eigenvalue weighted by molar-refractivity contribution is 7.99. The van der Waals surface area contributed by atoms with E-state index >= 15 is 0 Å². The van der Waals surface area contributed by atoms with Gasteiger partial charge in [0.15, 0.2) is 10.8 Å². The number of halogens is 1. The molecule has 0 saturated heterocycles. The van der Waals surface area contributed by atoms with Gasteiger partial charge in [0.05, 0.1) is 18.1 Å². The summed E-state index contributed by atoms with van der Waals surface area (Å²) in [7, 11) is 0. The van der Waals surface area contributed by atoms with Crippen LogP contribution in [-0.4, -0.2) is 44.0 Å². The van der Waals surface area contributed by atoms with Gasteiger partial charge >= 0.3 is 0 Å². The maximum Gasteiger partial charge on any atom is 0.251 e. The van der Waals surface area contributed by atoms with E-state index in [-0.39, 0.29) is 5.91 Å². The Balaban J connectivity index is 1.75. The number of nitrogens with zero attached hydrogens (tertiary/aromatic N) is 4. The van der Waals surface area contributed by atoms with Crippen LogP contribution < -0.4 is 10.6 Å². The second kappa shape index (κ2) is 10.1. The second-order valence-corrected chi connectivity index (χ2v) is 9.64. The van der Waals surface area contributed by atoms with Crippen molar-refractivity contribution in [3.63, 3.8) is 0 Å². The van der Waals surface area contributed by atoms with Crippen LogP contribution in [0.3, 0.4) is 0 Å². The number of thioether (sulfide) groups is 1. The van der Waals surface area contributed by atoms with Gasteiger partial charge in [-0.15, -0.1) is 0 Å². The lowest BCUT2D eigenvalue weighted by atomic mass is 10.2. The molecule has 0 aliphatic carbocycles. The Hall–Kier alpha value is -2.32. The fourth-order valence-electron chi connectivity index (χ4n) is 2.78. The fraction of sp³-hybridized carbons (Fsp3) is 0.429. The Morgan fingerprint density at radius 3 is 2.57 bits per heavy atom. The first kappa shape index (κ1) is 22.4. The van der Waals surface area contributed by atoms with Crippen LogP contribution in [0.15, 0.2) is 35.6 Å². The van der Waals surface area contributed by atoms with Gasteiger partial charge in [-0.1, -0.05) is 51.1 Å². The van der Waals surface area contributed by atoms with Crippen molar-refractivity contribution >= 4 is 46.1 Å². The molecule has 9 heteroatoms. The lowest BCUT2D eigenvalue weighted by Gasteiger charge is -2.12. The van der Waals surface area contributed by atoms with E-state index in [0.717, 1.165) is 28.6 Å². The molecule has 2 aromatic heterocycles. The zero-order valence-electron chi connectivity index (χ0n) is 17.6. The molecular weight excluding hydrogens is 420 g/mol. The molecule has 0 aliphatic heterocycles. The van der Waals surface area contributed by atoms with E-state index in [2.05, 4.69) is 48.4 Å². The molecule has 0 spiro atoms. The summed E-state index contributed by atoms with van der Waals surface area (Å²) in [6, 6.07) is 6.81. The van der Waals surface area contributed by atoms with Crippen LogP contribution in [0.4, 0.5) is 5.82 Å². The predicted octanol–water partition coefficient (Wildman–Crippen LogP) is 4.48. The van der Waals surface area contributed by atoms with Crippen molar-refractivity contribution in [2.45, 2.75) is 44.6 Å². The average molecular weight is 447 g/mol. The number of carbonyl (C=O) groups excluding carboxylic acids is 1. The van der Waals surface area contributed by atoms with Crippen molar-refractivity contribution in [1.29, 1.82) is 0 Å². The van der Waals surface area contributed by atoms with Gasteiger partial charge in [0.1, 0.15) is 5.82 Å². The van der Waals surface area contributed by atoms with Crippen LogP contribution in [0.1, 0.15) is 38.1 Å². The standard InChI is InChI=1S/C21H27ClN6OS/c1-13(2)11-24-18-17-12-25-28(19(17)27-21(26-18)30-14(3)4)10-9-23-20(29)15-5-7-16(22)8-6-15/h5-8,12-14H,9-11H2,1-4H3,(H,23,29)(H,24,26,27). The van der Waals surface area contributed by atoms with Gasteiger partial charge in [-0.3, -0.25) is 4.79 Å². The van der Waals surface area contributed by atoms with Crippen LogP contribution in [0.5, 0.6) is 0 Å². The third-order valence-electron chi connectivity index (χ3n) is 4.21. The summed E-state index contributed by atoms with van der Waals surface area (Å²) in [6.07, 6.45) is 1.78. The molecule has 7 nitrogen and oxygen atoms in total. The number of benzene rings is 1. The maximum absolute atomic E-state index is 12.3. The Labute approximate surface area is 186 Å². The van der Waals surface area contributed by atoms with Gasteiger partial charge in [-0.2, -0.15) is 5.10 Å². The molecule has 3 aromatic rings. The van der Waals surface area contributed by atoms with Gasteiger partial charge < -0.3 is 10.6 Å². The number of hydrogen-bond acceptors (Lipinski definition) is 6. The van der Waals surface area contributed by atoms with Crippen molar-refractivity contribution in [3.8, 4) is 0 Å². The molecule has 0 unspecified atom stereocenters. The summed E-state index contributed by atoms with van der Waals surface area (Å²) < 4.78 is 1.81. The van der Waals surface area contributed by atoms with E-state index in [1.165, 1.54) is 0 Å². The maximum atomic E-state index is 12.3. The Bertz CT molecular complexity index is 1000. The number of hydrogen-bond donors (Lipinski definition) is 2. The number of amides is 1. The summed E-state index contributed by atoms with van der Waals surface area (Å²) in [6.45, 7) is 10.3. The van der Waals surface area contributed by atoms with E-state index in [4.69, 9.17) is 16.6 Å². The van der Waals surface area contributed by atoms with Crippen molar-refractivity contribution in [2.75, 3.05) is 18.4 Å². The van der Waals surface area contributed by atoms with E-state index < -0.39 is 0 Å². The Kier molecular flexibility index (Phi) is 7.55. The molecule has 160 valence electrons. The van der Waals surface area contributed by atoms with Crippen molar-refractivity contribution in [3.05, 3.63) is 41.0 Å². The SMILES string of the molecule is CC(C)CNc1nc(SC(C)C)nc2c1cnn2CCNC(=O)c1ccc(Cl)cc1. The van der Waals surface area contributed by atoms with Crippen LogP contribution in [-0.2, 0) is 6.54 Å². The lowest BCUT2D eigenvalue weighted by Crippen LogP contribution is -2.27.